The summed E-state index contributed by atoms with van der Waals surface area (Å²) < 4.78 is 5.29. The number of carbonyl (C=O) groups excluding carboxylic acids is 1. The van der Waals surface area contributed by atoms with Crippen molar-refractivity contribution in [3.05, 3.63) is 54.1 Å². The molecule has 0 bridgehead atoms. The number of benzene rings is 2. The van der Waals surface area contributed by atoms with Gasteiger partial charge in [0.1, 0.15) is 5.75 Å². The van der Waals surface area contributed by atoms with Gasteiger partial charge in [0.25, 0.3) is 0 Å². The molecule has 0 unspecified atom stereocenters. The molecule has 0 spiro atoms. The van der Waals surface area contributed by atoms with Crippen molar-refractivity contribution in [3.8, 4) is 5.75 Å². The van der Waals surface area contributed by atoms with Crippen LogP contribution in [0.2, 0.25) is 0 Å². The first-order chi connectivity index (χ1) is 12.2. The number of nitrogens with zero attached hydrogens (tertiary/aromatic N) is 1. The van der Waals surface area contributed by atoms with Crippen LogP contribution < -0.4 is 15.8 Å². The number of anilines is 2. The highest BCUT2D eigenvalue weighted by Crippen LogP contribution is 2.26. The topological polar surface area (TPSA) is 67.6 Å². The molecule has 1 amide bonds. The van der Waals surface area contributed by atoms with Gasteiger partial charge in [0.2, 0.25) is 5.91 Å². The zero-order chi connectivity index (χ0) is 17.6. The number of amides is 1. The number of piperidine rings is 1. The Labute approximate surface area is 160 Å². The van der Waals surface area contributed by atoms with E-state index in [4.69, 9.17) is 10.5 Å². The summed E-state index contributed by atoms with van der Waals surface area (Å²) in [5.41, 5.74) is 8.59. The highest BCUT2D eigenvalue weighted by atomic mass is 35.5. The minimum absolute atomic E-state index is 0. The molecule has 0 radical (unpaired) electrons. The van der Waals surface area contributed by atoms with Crippen molar-refractivity contribution < 1.29 is 9.53 Å². The summed E-state index contributed by atoms with van der Waals surface area (Å²) in [7, 11) is 1.61. The molecule has 5 nitrogen and oxygen atoms in total. The molecular formula is C20H26ClN3O2. The number of carbonyl (C=O) groups is 1. The molecule has 3 N–H and O–H groups in total. The number of rotatable bonds is 5. The standard InChI is InChI=1S/C20H25N3O2.ClH/c1-25-19-8-3-2-7-18(19)22-20(24)16-9-11-23(12-10-16)14-15-5-4-6-17(21)13-15;/h2-8,13,16H,9-12,14,21H2,1H3,(H,22,24);1H. The van der Waals surface area contributed by atoms with Crippen molar-refractivity contribution in [2.24, 2.45) is 5.92 Å². The van der Waals surface area contributed by atoms with Gasteiger partial charge >= 0.3 is 0 Å². The average molecular weight is 376 g/mol. The fraction of sp³-hybridized carbons (Fsp3) is 0.350. The van der Waals surface area contributed by atoms with Crippen LogP contribution in [-0.4, -0.2) is 31.0 Å². The van der Waals surface area contributed by atoms with Crippen LogP contribution in [0.1, 0.15) is 18.4 Å². The van der Waals surface area contributed by atoms with Crippen molar-refractivity contribution in [2.75, 3.05) is 31.2 Å². The number of halogens is 1. The van der Waals surface area contributed by atoms with E-state index >= 15 is 0 Å². The second-order valence-corrected chi connectivity index (χ2v) is 6.48. The minimum atomic E-state index is 0. The lowest BCUT2D eigenvalue weighted by molar-refractivity contribution is -0.121. The van der Waals surface area contributed by atoms with E-state index in [1.807, 2.05) is 42.5 Å². The van der Waals surface area contributed by atoms with E-state index in [0.29, 0.717) is 5.75 Å². The average Bonchev–Trinajstić information content (AvgIpc) is 2.63. The largest absolute Gasteiger partial charge is 0.495 e. The van der Waals surface area contributed by atoms with Gasteiger partial charge < -0.3 is 15.8 Å². The Balaban J connectivity index is 0.00000243. The van der Waals surface area contributed by atoms with Crippen LogP contribution in [0.4, 0.5) is 11.4 Å². The van der Waals surface area contributed by atoms with E-state index in [9.17, 15) is 4.79 Å². The Hall–Kier alpha value is -2.24. The molecule has 0 aliphatic carbocycles. The van der Waals surface area contributed by atoms with Crippen LogP contribution in [0.15, 0.2) is 48.5 Å². The van der Waals surface area contributed by atoms with Crippen LogP contribution in [-0.2, 0) is 11.3 Å². The summed E-state index contributed by atoms with van der Waals surface area (Å²) in [5.74, 6) is 0.810. The van der Waals surface area contributed by atoms with E-state index in [1.54, 1.807) is 7.11 Å². The van der Waals surface area contributed by atoms with E-state index in [1.165, 1.54) is 5.56 Å². The summed E-state index contributed by atoms with van der Waals surface area (Å²) in [6.07, 6.45) is 1.73. The summed E-state index contributed by atoms with van der Waals surface area (Å²) in [5, 5.41) is 3.00. The predicted octanol–water partition coefficient (Wildman–Crippen LogP) is 3.55. The lowest BCUT2D eigenvalue weighted by Gasteiger charge is -2.31. The van der Waals surface area contributed by atoms with Gasteiger partial charge in [-0.25, -0.2) is 0 Å². The van der Waals surface area contributed by atoms with Crippen LogP contribution >= 0.6 is 12.4 Å². The molecule has 0 atom stereocenters. The maximum Gasteiger partial charge on any atom is 0.227 e. The van der Waals surface area contributed by atoms with Crippen LogP contribution in [0.3, 0.4) is 0 Å². The van der Waals surface area contributed by atoms with Crippen molar-refractivity contribution in [1.82, 2.24) is 4.90 Å². The number of nitrogens with two attached hydrogens (primary N) is 1. The molecule has 6 heteroatoms. The molecule has 3 rings (SSSR count). The van der Waals surface area contributed by atoms with Gasteiger partial charge in [-0.15, -0.1) is 12.4 Å². The smallest absolute Gasteiger partial charge is 0.227 e. The second-order valence-electron chi connectivity index (χ2n) is 6.48. The second kappa shape index (κ2) is 9.46. The normalized spacial score (nSPS) is 15.1. The first-order valence-corrected chi connectivity index (χ1v) is 8.66. The molecule has 1 heterocycles. The molecule has 1 fully saturated rings. The van der Waals surface area contributed by atoms with Crippen molar-refractivity contribution in [2.45, 2.75) is 19.4 Å². The molecule has 1 saturated heterocycles. The summed E-state index contributed by atoms with van der Waals surface area (Å²) >= 11 is 0. The molecule has 140 valence electrons. The molecule has 0 aromatic heterocycles. The zero-order valence-electron chi connectivity index (χ0n) is 15.0. The van der Waals surface area contributed by atoms with Gasteiger partial charge in [0.05, 0.1) is 12.8 Å². The van der Waals surface area contributed by atoms with Crippen LogP contribution in [0.25, 0.3) is 0 Å². The van der Waals surface area contributed by atoms with Crippen LogP contribution in [0.5, 0.6) is 5.75 Å². The monoisotopic (exact) mass is 375 g/mol. The number of ether oxygens (including phenoxy) is 1. The molecule has 26 heavy (non-hydrogen) atoms. The fourth-order valence-corrected chi connectivity index (χ4v) is 3.29. The SMILES string of the molecule is COc1ccccc1NC(=O)C1CCN(Cc2cccc(N)c2)CC1.Cl. The van der Waals surface area contributed by atoms with E-state index in [0.717, 1.165) is 43.9 Å². The van der Waals surface area contributed by atoms with E-state index < -0.39 is 0 Å². The molecular weight excluding hydrogens is 350 g/mol. The van der Waals surface area contributed by atoms with Gasteiger partial charge in [-0.1, -0.05) is 24.3 Å². The van der Waals surface area contributed by atoms with Gasteiger partial charge in [0, 0.05) is 18.2 Å². The quantitative estimate of drug-likeness (QED) is 0.784. The third kappa shape index (κ3) is 5.13. The Bertz CT molecular complexity index is 731. The Morgan fingerprint density at radius 1 is 1.19 bits per heavy atom. The van der Waals surface area contributed by atoms with Gasteiger partial charge in [-0.05, 0) is 55.8 Å². The first-order valence-electron chi connectivity index (χ1n) is 8.66. The third-order valence-electron chi connectivity index (χ3n) is 4.68. The first kappa shape index (κ1) is 20.1. The summed E-state index contributed by atoms with van der Waals surface area (Å²) in [4.78, 5) is 14.9. The highest BCUT2D eigenvalue weighted by Gasteiger charge is 2.25. The van der Waals surface area contributed by atoms with Crippen LogP contribution in [0, 0.1) is 5.92 Å². The number of methoxy groups -OCH3 is 1. The van der Waals surface area contributed by atoms with Gasteiger partial charge in [-0.3, -0.25) is 9.69 Å². The Morgan fingerprint density at radius 2 is 1.92 bits per heavy atom. The number of nitrogen functional groups attached to an aromatic ring is 1. The number of para-hydroxylation sites is 2. The molecule has 2 aromatic carbocycles. The Morgan fingerprint density at radius 3 is 2.62 bits per heavy atom. The number of nitrogens with one attached hydrogen (secondary N) is 1. The van der Waals surface area contributed by atoms with Crippen molar-refractivity contribution >= 4 is 29.7 Å². The molecule has 2 aromatic rings. The maximum atomic E-state index is 12.5. The molecule has 1 aliphatic heterocycles. The minimum Gasteiger partial charge on any atom is -0.495 e. The van der Waals surface area contributed by atoms with Gasteiger partial charge in [0.15, 0.2) is 0 Å². The lowest BCUT2D eigenvalue weighted by Crippen LogP contribution is -2.37. The lowest BCUT2D eigenvalue weighted by atomic mass is 9.95. The fourth-order valence-electron chi connectivity index (χ4n) is 3.29. The molecule has 1 aliphatic rings. The number of hydrogen-bond acceptors (Lipinski definition) is 4. The highest BCUT2D eigenvalue weighted by molar-refractivity contribution is 5.94. The molecule has 0 saturated carbocycles. The van der Waals surface area contributed by atoms with E-state index in [-0.39, 0.29) is 24.2 Å². The Kier molecular flexibility index (Phi) is 7.30. The van der Waals surface area contributed by atoms with Gasteiger partial charge in [-0.2, -0.15) is 0 Å². The maximum absolute atomic E-state index is 12.5. The number of likely N-dealkylation sites (tertiary alicyclic amines) is 1. The predicted molar refractivity (Wildman–Crippen MR) is 108 cm³/mol. The van der Waals surface area contributed by atoms with Crippen molar-refractivity contribution in [1.29, 1.82) is 0 Å². The van der Waals surface area contributed by atoms with Crippen molar-refractivity contribution in [3.63, 3.8) is 0 Å². The van der Waals surface area contributed by atoms with E-state index in [2.05, 4.69) is 16.3 Å². The summed E-state index contributed by atoms with van der Waals surface area (Å²) in [6.45, 7) is 2.71. The zero-order valence-corrected chi connectivity index (χ0v) is 15.8. The number of hydrogen-bond donors (Lipinski definition) is 2. The third-order valence-corrected chi connectivity index (χ3v) is 4.68. The summed E-state index contributed by atoms with van der Waals surface area (Å²) in [6, 6.07) is 15.5.